The molecule has 0 amide bonds. The van der Waals surface area contributed by atoms with Gasteiger partial charge in [0.25, 0.3) is 6.43 Å². The van der Waals surface area contributed by atoms with Crippen molar-refractivity contribution >= 4 is 5.78 Å². The Hall–Kier alpha value is -1.29. The molecule has 0 saturated heterocycles. The first-order chi connectivity index (χ1) is 8.80. The third-order valence-electron chi connectivity index (χ3n) is 2.79. The van der Waals surface area contributed by atoms with Crippen LogP contribution in [0.1, 0.15) is 43.1 Å². The fourth-order valence-electron chi connectivity index (χ4n) is 1.64. The molecule has 2 nitrogen and oxygen atoms in total. The van der Waals surface area contributed by atoms with Crippen LogP contribution in [0, 0.1) is 0 Å². The number of carbonyl (C=O) groups is 1. The number of carbonyl (C=O) groups excluding carboxylic acids is 1. The molecule has 1 rings (SSSR count). The number of Topliss-reactive ketones (excluding diaryl/α,β-unsaturated/α-hetero) is 1. The summed E-state index contributed by atoms with van der Waals surface area (Å²) in [6.07, 6.45) is -2.36. The highest BCUT2D eigenvalue weighted by Crippen LogP contribution is 2.22. The van der Waals surface area contributed by atoms with E-state index >= 15 is 0 Å². The fourth-order valence-corrected chi connectivity index (χ4v) is 1.64. The van der Waals surface area contributed by atoms with Crippen molar-refractivity contribution in [2.75, 3.05) is 13.2 Å². The molecule has 0 aliphatic carbocycles. The Morgan fingerprint density at radius 2 is 1.79 bits per heavy atom. The number of rotatable bonds is 6. The zero-order valence-electron chi connectivity index (χ0n) is 11.6. The van der Waals surface area contributed by atoms with Crippen LogP contribution < -0.4 is 0 Å². The van der Waals surface area contributed by atoms with Crippen LogP contribution in [0.5, 0.6) is 0 Å². The van der Waals surface area contributed by atoms with Crippen LogP contribution in [0.2, 0.25) is 0 Å². The van der Waals surface area contributed by atoms with Crippen molar-refractivity contribution < 1.29 is 18.3 Å². The highest BCUT2D eigenvalue weighted by atomic mass is 19.3. The Kier molecular flexibility index (Phi) is 5.60. The van der Waals surface area contributed by atoms with Crippen LogP contribution in [0.3, 0.4) is 0 Å². The van der Waals surface area contributed by atoms with E-state index in [2.05, 4.69) is 20.8 Å². The predicted octanol–water partition coefficient (Wildman–Crippen LogP) is 3.84. The summed E-state index contributed by atoms with van der Waals surface area (Å²) in [5.41, 5.74) is 1.79. The first-order valence-electron chi connectivity index (χ1n) is 6.30. The number of ether oxygens (including phenoxy) is 1. The number of hydrogen-bond acceptors (Lipinski definition) is 2. The van der Waals surface area contributed by atoms with Crippen LogP contribution in [-0.4, -0.2) is 25.4 Å². The Balaban J connectivity index is 2.49. The van der Waals surface area contributed by atoms with Gasteiger partial charge >= 0.3 is 0 Å². The highest BCUT2D eigenvalue weighted by molar-refractivity contribution is 5.96. The van der Waals surface area contributed by atoms with Crippen LogP contribution in [0.25, 0.3) is 0 Å². The zero-order valence-corrected chi connectivity index (χ0v) is 11.6. The molecule has 0 aliphatic heterocycles. The minimum atomic E-state index is -2.49. The molecule has 0 N–H and O–H groups in total. The van der Waals surface area contributed by atoms with E-state index in [0.717, 1.165) is 5.56 Å². The van der Waals surface area contributed by atoms with Gasteiger partial charge in [0.15, 0.2) is 5.78 Å². The number of hydrogen-bond donors (Lipinski definition) is 0. The molecule has 0 saturated carbocycles. The second-order valence-electron chi connectivity index (χ2n) is 5.47. The van der Waals surface area contributed by atoms with Crippen molar-refractivity contribution in [3.63, 3.8) is 0 Å². The SMILES string of the molecule is CC(C)(C)c1ccc(C(=O)CCOCC(F)F)cc1. The van der Waals surface area contributed by atoms with E-state index in [0.29, 0.717) is 5.56 Å². The predicted molar refractivity (Wildman–Crippen MR) is 70.9 cm³/mol. The molecule has 0 unspecified atom stereocenters. The summed E-state index contributed by atoms with van der Waals surface area (Å²) in [5.74, 6) is -0.0882. The van der Waals surface area contributed by atoms with Crippen LogP contribution in [0.4, 0.5) is 8.78 Å². The van der Waals surface area contributed by atoms with E-state index in [1.807, 2.05) is 12.1 Å². The van der Waals surface area contributed by atoms with Gasteiger partial charge in [-0.25, -0.2) is 8.78 Å². The molecule has 0 aromatic heterocycles. The summed E-state index contributed by atoms with van der Waals surface area (Å²) in [5, 5.41) is 0. The molecule has 4 heteroatoms. The number of ketones is 1. The van der Waals surface area contributed by atoms with Crippen molar-refractivity contribution in [2.45, 2.75) is 39.0 Å². The minimum Gasteiger partial charge on any atom is -0.375 e. The second kappa shape index (κ2) is 6.75. The smallest absolute Gasteiger partial charge is 0.261 e. The average Bonchev–Trinajstić information content (AvgIpc) is 2.33. The first kappa shape index (κ1) is 15.8. The lowest BCUT2D eigenvalue weighted by molar-refractivity contribution is 0.0170. The molecule has 0 radical (unpaired) electrons. The second-order valence-corrected chi connectivity index (χ2v) is 5.47. The third-order valence-corrected chi connectivity index (χ3v) is 2.79. The molecular weight excluding hydrogens is 250 g/mol. The third kappa shape index (κ3) is 5.47. The largest absolute Gasteiger partial charge is 0.375 e. The molecule has 0 heterocycles. The van der Waals surface area contributed by atoms with E-state index in [4.69, 9.17) is 4.74 Å². The quantitative estimate of drug-likeness (QED) is 0.580. The molecule has 0 aliphatic rings. The van der Waals surface area contributed by atoms with Crippen LogP contribution in [0.15, 0.2) is 24.3 Å². The molecule has 0 spiro atoms. The van der Waals surface area contributed by atoms with Crippen molar-refractivity contribution in [1.82, 2.24) is 0 Å². The number of benzene rings is 1. The summed E-state index contributed by atoms with van der Waals surface area (Å²) in [7, 11) is 0. The molecule has 0 atom stereocenters. The first-order valence-corrected chi connectivity index (χ1v) is 6.30. The van der Waals surface area contributed by atoms with Crippen molar-refractivity contribution in [3.05, 3.63) is 35.4 Å². The number of alkyl halides is 2. The van der Waals surface area contributed by atoms with Gasteiger partial charge in [0, 0.05) is 12.0 Å². The van der Waals surface area contributed by atoms with E-state index in [1.54, 1.807) is 12.1 Å². The van der Waals surface area contributed by atoms with Crippen molar-refractivity contribution in [3.8, 4) is 0 Å². The lowest BCUT2D eigenvalue weighted by Crippen LogP contribution is -2.12. The Labute approximate surface area is 112 Å². The van der Waals surface area contributed by atoms with Gasteiger partial charge in [-0.1, -0.05) is 45.0 Å². The average molecular weight is 270 g/mol. The fraction of sp³-hybridized carbons (Fsp3) is 0.533. The van der Waals surface area contributed by atoms with Gasteiger partial charge in [0.05, 0.1) is 6.61 Å². The molecule has 0 fully saturated rings. The highest BCUT2D eigenvalue weighted by Gasteiger charge is 2.14. The molecule has 1 aromatic carbocycles. The molecule has 1 aromatic rings. The van der Waals surface area contributed by atoms with Crippen LogP contribution >= 0.6 is 0 Å². The molecular formula is C15H20F2O2. The summed E-state index contributed by atoms with van der Waals surface area (Å²) >= 11 is 0. The number of halogens is 2. The van der Waals surface area contributed by atoms with Gasteiger partial charge in [0.1, 0.15) is 6.61 Å². The van der Waals surface area contributed by atoms with Gasteiger partial charge in [-0.15, -0.1) is 0 Å². The monoisotopic (exact) mass is 270 g/mol. The zero-order chi connectivity index (χ0) is 14.5. The Morgan fingerprint density at radius 1 is 1.21 bits per heavy atom. The summed E-state index contributed by atoms with van der Waals surface area (Å²) < 4.78 is 28.4. The Bertz CT molecular complexity index is 405. The normalized spacial score (nSPS) is 11.9. The van der Waals surface area contributed by atoms with E-state index in [9.17, 15) is 13.6 Å². The van der Waals surface area contributed by atoms with Gasteiger partial charge in [-0.05, 0) is 11.0 Å². The Morgan fingerprint density at radius 3 is 2.26 bits per heavy atom. The molecule has 106 valence electrons. The van der Waals surface area contributed by atoms with Gasteiger partial charge in [-0.3, -0.25) is 4.79 Å². The summed E-state index contributed by atoms with van der Waals surface area (Å²) in [4.78, 5) is 11.8. The standard InChI is InChI=1S/C15H20F2O2/c1-15(2,3)12-6-4-11(5-7-12)13(18)8-9-19-10-14(16)17/h4-7,14H,8-10H2,1-3H3. The lowest BCUT2D eigenvalue weighted by Gasteiger charge is -2.18. The van der Waals surface area contributed by atoms with Gasteiger partial charge in [0.2, 0.25) is 0 Å². The summed E-state index contributed by atoms with van der Waals surface area (Å²) in [6.45, 7) is 5.71. The minimum absolute atomic E-state index is 0.0319. The van der Waals surface area contributed by atoms with Crippen molar-refractivity contribution in [2.24, 2.45) is 0 Å². The maximum absolute atomic E-state index is 11.8. The maximum atomic E-state index is 11.8. The molecule has 19 heavy (non-hydrogen) atoms. The van der Waals surface area contributed by atoms with Gasteiger partial charge in [-0.2, -0.15) is 0 Å². The molecule has 0 bridgehead atoms. The van der Waals surface area contributed by atoms with E-state index in [-0.39, 0.29) is 24.2 Å². The van der Waals surface area contributed by atoms with Crippen LogP contribution in [-0.2, 0) is 10.2 Å². The van der Waals surface area contributed by atoms with E-state index in [1.165, 1.54) is 0 Å². The van der Waals surface area contributed by atoms with E-state index < -0.39 is 13.0 Å². The lowest BCUT2D eigenvalue weighted by atomic mass is 9.86. The maximum Gasteiger partial charge on any atom is 0.261 e. The van der Waals surface area contributed by atoms with Crippen molar-refractivity contribution in [1.29, 1.82) is 0 Å². The topological polar surface area (TPSA) is 26.3 Å². The summed E-state index contributed by atoms with van der Waals surface area (Å²) in [6, 6.07) is 7.40. The van der Waals surface area contributed by atoms with Gasteiger partial charge < -0.3 is 4.74 Å².